The van der Waals surface area contributed by atoms with Crippen molar-refractivity contribution in [2.45, 2.75) is 20.3 Å². The number of esters is 1. The van der Waals surface area contributed by atoms with Crippen LogP contribution in [0.25, 0.3) is 0 Å². The van der Waals surface area contributed by atoms with Gasteiger partial charge in [-0.25, -0.2) is 14.8 Å². The van der Waals surface area contributed by atoms with E-state index in [0.717, 1.165) is 5.56 Å². The molecular formula is C15H17N3O2. The van der Waals surface area contributed by atoms with Gasteiger partial charge in [0, 0.05) is 6.42 Å². The number of hydrogen-bond donors (Lipinski definition) is 1. The molecule has 0 amide bonds. The molecule has 1 aromatic heterocycles. The van der Waals surface area contributed by atoms with Crippen molar-refractivity contribution in [1.82, 2.24) is 9.97 Å². The van der Waals surface area contributed by atoms with Crippen molar-refractivity contribution in [2.24, 2.45) is 0 Å². The molecule has 0 spiro atoms. The van der Waals surface area contributed by atoms with E-state index in [0.29, 0.717) is 30.0 Å². The number of rotatable bonds is 4. The number of nitrogens with two attached hydrogens (primary N) is 1. The van der Waals surface area contributed by atoms with Crippen LogP contribution < -0.4 is 5.73 Å². The topological polar surface area (TPSA) is 78.1 Å². The Kier molecular flexibility index (Phi) is 4.30. The van der Waals surface area contributed by atoms with Crippen molar-refractivity contribution in [1.29, 1.82) is 0 Å². The first-order valence-electron chi connectivity index (χ1n) is 6.45. The summed E-state index contributed by atoms with van der Waals surface area (Å²) >= 11 is 0. The number of aromatic nitrogens is 2. The Morgan fingerprint density at radius 1 is 1.25 bits per heavy atom. The molecular weight excluding hydrogens is 254 g/mol. The molecule has 0 saturated heterocycles. The molecule has 1 heterocycles. The van der Waals surface area contributed by atoms with E-state index >= 15 is 0 Å². The Balaban J connectivity index is 2.42. The molecule has 0 aliphatic heterocycles. The first-order chi connectivity index (χ1) is 9.61. The number of nitrogen functional groups attached to an aromatic ring is 1. The smallest absolute Gasteiger partial charge is 0.341 e. The molecule has 0 fully saturated rings. The number of carbonyl (C=O) groups is 1. The quantitative estimate of drug-likeness (QED) is 0.862. The predicted molar refractivity (Wildman–Crippen MR) is 76.4 cm³/mol. The van der Waals surface area contributed by atoms with Gasteiger partial charge in [-0.2, -0.15) is 0 Å². The lowest BCUT2D eigenvalue weighted by Crippen LogP contribution is -2.15. The van der Waals surface area contributed by atoms with E-state index in [2.05, 4.69) is 9.97 Å². The lowest BCUT2D eigenvalue weighted by molar-refractivity contribution is 0.0523. The van der Waals surface area contributed by atoms with Crippen molar-refractivity contribution in [3.05, 3.63) is 52.8 Å². The number of ether oxygens (including phenoxy) is 1. The van der Waals surface area contributed by atoms with Gasteiger partial charge in [0.25, 0.3) is 0 Å². The minimum Gasteiger partial charge on any atom is -0.462 e. The Labute approximate surface area is 117 Å². The van der Waals surface area contributed by atoms with Crippen LogP contribution in [0.3, 0.4) is 0 Å². The van der Waals surface area contributed by atoms with Crippen LogP contribution in [-0.4, -0.2) is 22.5 Å². The highest BCUT2D eigenvalue weighted by molar-refractivity contribution is 5.92. The van der Waals surface area contributed by atoms with E-state index in [1.807, 2.05) is 30.3 Å². The maximum atomic E-state index is 12.0. The monoisotopic (exact) mass is 271 g/mol. The van der Waals surface area contributed by atoms with Gasteiger partial charge in [0.1, 0.15) is 5.56 Å². The number of aryl methyl sites for hydroxylation is 1. The second kappa shape index (κ2) is 6.14. The summed E-state index contributed by atoms with van der Waals surface area (Å²) < 4.78 is 5.07. The van der Waals surface area contributed by atoms with Gasteiger partial charge in [-0.15, -0.1) is 0 Å². The standard InChI is InChI=1S/C15H17N3O2/c1-3-20-14(19)13-10(2)17-15(16)18-12(13)9-11-7-5-4-6-8-11/h4-8H,3,9H2,1-2H3,(H2,16,17,18). The Bertz CT molecular complexity index is 612. The number of anilines is 1. The minimum atomic E-state index is -0.407. The van der Waals surface area contributed by atoms with Crippen LogP contribution in [0.1, 0.15) is 34.2 Å². The molecule has 0 aliphatic carbocycles. The van der Waals surface area contributed by atoms with Crippen molar-refractivity contribution in [3.63, 3.8) is 0 Å². The highest BCUT2D eigenvalue weighted by Crippen LogP contribution is 2.17. The van der Waals surface area contributed by atoms with E-state index in [1.54, 1.807) is 13.8 Å². The third-order valence-electron chi connectivity index (χ3n) is 2.88. The SMILES string of the molecule is CCOC(=O)c1c(C)nc(N)nc1Cc1ccccc1. The van der Waals surface area contributed by atoms with Crippen molar-refractivity contribution < 1.29 is 9.53 Å². The zero-order chi connectivity index (χ0) is 14.5. The summed E-state index contributed by atoms with van der Waals surface area (Å²) in [5, 5.41) is 0. The third kappa shape index (κ3) is 3.12. The van der Waals surface area contributed by atoms with Crippen molar-refractivity contribution in [2.75, 3.05) is 12.3 Å². The fourth-order valence-electron chi connectivity index (χ4n) is 2.04. The highest BCUT2D eigenvalue weighted by atomic mass is 16.5. The maximum absolute atomic E-state index is 12.0. The largest absolute Gasteiger partial charge is 0.462 e. The summed E-state index contributed by atoms with van der Waals surface area (Å²) in [6, 6.07) is 9.77. The van der Waals surface area contributed by atoms with E-state index < -0.39 is 5.97 Å². The van der Waals surface area contributed by atoms with Gasteiger partial charge in [-0.1, -0.05) is 30.3 Å². The number of hydrogen-bond acceptors (Lipinski definition) is 5. The van der Waals surface area contributed by atoms with Gasteiger partial charge in [0.2, 0.25) is 5.95 Å². The molecule has 0 saturated carbocycles. The Morgan fingerprint density at radius 3 is 2.60 bits per heavy atom. The van der Waals surface area contributed by atoms with Crippen LogP contribution >= 0.6 is 0 Å². The zero-order valence-corrected chi connectivity index (χ0v) is 11.6. The zero-order valence-electron chi connectivity index (χ0n) is 11.6. The molecule has 0 radical (unpaired) electrons. The fraction of sp³-hybridized carbons (Fsp3) is 0.267. The average molecular weight is 271 g/mol. The fourth-order valence-corrected chi connectivity index (χ4v) is 2.04. The molecule has 104 valence electrons. The van der Waals surface area contributed by atoms with Gasteiger partial charge in [0.15, 0.2) is 0 Å². The van der Waals surface area contributed by atoms with Gasteiger partial charge >= 0.3 is 5.97 Å². The summed E-state index contributed by atoms with van der Waals surface area (Å²) in [6.45, 7) is 3.81. The minimum absolute atomic E-state index is 0.168. The summed E-state index contributed by atoms with van der Waals surface area (Å²) in [5.74, 6) is -0.239. The van der Waals surface area contributed by atoms with E-state index in [-0.39, 0.29) is 5.95 Å². The van der Waals surface area contributed by atoms with Gasteiger partial charge in [-0.05, 0) is 19.4 Å². The summed E-state index contributed by atoms with van der Waals surface area (Å²) in [5.41, 5.74) is 8.28. The first-order valence-corrected chi connectivity index (χ1v) is 6.45. The third-order valence-corrected chi connectivity index (χ3v) is 2.88. The van der Waals surface area contributed by atoms with Crippen LogP contribution in [0.2, 0.25) is 0 Å². The maximum Gasteiger partial charge on any atom is 0.341 e. The molecule has 2 rings (SSSR count). The van der Waals surface area contributed by atoms with E-state index in [9.17, 15) is 4.79 Å². The summed E-state index contributed by atoms with van der Waals surface area (Å²) in [7, 11) is 0. The van der Waals surface area contributed by atoms with Crippen LogP contribution in [0.15, 0.2) is 30.3 Å². The molecule has 0 aliphatic rings. The van der Waals surface area contributed by atoms with Crippen LogP contribution in [-0.2, 0) is 11.2 Å². The average Bonchev–Trinajstić information content (AvgIpc) is 2.39. The first kappa shape index (κ1) is 14.0. The van der Waals surface area contributed by atoms with Gasteiger partial charge in [0.05, 0.1) is 18.0 Å². The van der Waals surface area contributed by atoms with Crippen LogP contribution in [0.5, 0.6) is 0 Å². The molecule has 0 unspecified atom stereocenters. The van der Waals surface area contributed by atoms with Crippen LogP contribution in [0.4, 0.5) is 5.95 Å². The molecule has 0 bridgehead atoms. The van der Waals surface area contributed by atoms with Gasteiger partial charge < -0.3 is 10.5 Å². The Morgan fingerprint density at radius 2 is 1.95 bits per heavy atom. The van der Waals surface area contributed by atoms with Crippen molar-refractivity contribution in [3.8, 4) is 0 Å². The Hall–Kier alpha value is -2.43. The predicted octanol–water partition coefficient (Wildman–Crippen LogP) is 2.13. The molecule has 2 aromatic rings. The lowest BCUT2D eigenvalue weighted by Gasteiger charge is -2.11. The molecule has 1 aromatic carbocycles. The highest BCUT2D eigenvalue weighted by Gasteiger charge is 2.19. The summed E-state index contributed by atoms with van der Waals surface area (Å²) in [6.07, 6.45) is 0.516. The van der Waals surface area contributed by atoms with Crippen molar-refractivity contribution >= 4 is 11.9 Å². The number of nitrogens with zero attached hydrogens (tertiary/aromatic N) is 2. The normalized spacial score (nSPS) is 10.3. The molecule has 20 heavy (non-hydrogen) atoms. The van der Waals surface area contributed by atoms with Crippen LogP contribution in [0, 0.1) is 6.92 Å². The summed E-state index contributed by atoms with van der Waals surface area (Å²) in [4.78, 5) is 20.3. The second-order valence-corrected chi connectivity index (χ2v) is 4.37. The van der Waals surface area contributed by atoms with Gasteiger partial charge in [-0.3, -0.25) is 0 Å². The molecule has 5 heteroatoms. The molecule has 2 N–H and O–H groups in total. The second-order valence-electron chi connectivity index (χ2n) is 4.37. The number of benzene rings is 1. The van der Waals surface area contributed by atoms with E-state index in [1.165, 1.54) is 0 Å². The lowest BCUT2D eigenvalue weighted by atomic mass is 10.0. The van der Waals surface area contributed by atoms with E-state index in [4.69, 9.17) is 10.5 Å². The number of carbonyl (C=O) groups excluding carboxylic acids is 1. The molecule has 0 atom stereocenters. The molecule has 5 nitrogen and oxygen atoms in total.